The quantitative estimate of drug-likeness (QED) is 0.740. The first-order valence-corrected chi connectivity index (χ1v) is 10.1. The Morgan fingerprint density at radius 2 is 1.75 bits per heavy atom. The van der Waals surface area contributed by atoms with Crippen molar-refractivity contribution in [2.24, 2.45) is 17.8 Å². The molecule has 2 rings (SSSR count). The molecule has 0 aromatic heterocycles. The molecule has 0 unspecified atom stereocenters. The standard InChI is InChI=1S/C20H33FN2O5/c1-12(13-5-7-14(8-6-13)18(25)26)16(22-19(27)28-20(2,3)4)17(24)23-10-9-15(21)11-23/h12-16H,5-11H2,1-4H3,(H,22,27)(H,25,26)/t12-,13?,14?,15-,16-/m0/s1. The van der Waals surface area contributed by atoms with Crippen LogP contribution in [0.15, 0.2) is 0 Å². The maximum absolute atomic E-state index is 13.6. The van der Waals surface area contributed by atoms with Crippen molar-refractivity contribution in [2.75, 3.05) is 13.1 Å². The van der Waals surface area contributed by atoms with E-state index in [0.29, 0.717) is 38.6 Å². The van der Waals surface area contributed by atoms with Crippen molar-refractivity contribution in [3.05, 3.63) is 0 Å². The minimum atomic E-state index is -1.03. The van der Waals surface area contributed by atoms with E-state index in [1.807, 2.05) is 6.92 Å². The summed E-state index contributed by atoms with van der Waals surface area (Å²) in [4.78, 5) is 38.0. The van der Waals surface area contributed by atoms with Crippen molar-refractivity contribution in [3.63, 3.8) is 0 Å². The van der Waals surface area contributed by atoms with Crippen LogP contribution in [-0.2, 0) is 14.3 Å². The summed E-state index contributed by atoms with van der Waals surface area (Å²) < 4.78 is 18.9. The molecule has 0 bridgehead atoms. The summed E-state index contributed by atoms with van der Waals surface area (Å²) >= 11 is 0. The summed E-state index contributed by atoms with van der Waals surface area (Å²) in [6.45, 7) is 7.51. The van der Waals surface area contributed by atoms with Gasteiger partial charge in [0.2, 0.25) is 5.91 Å². The van der Waals surface area contributed by atoms with Gasteiger partial charge in [0.15, 0.2) is 0 Å². The van der Waals surface area contributed by atoms with Gasteiger partial charge in [-0.15, -0.1) is 0 Å². The first-order chi connectivity index (χ1) is 13.0. The zero-order valence-electron chi connectivity index (χ0n) is 17.2. The number of alkyl halides is 1. The number of hydrogen-bond donors (Lipinski definition) is 2. The van der Waals surface area contributed by atoms with Crippen molar-refractivity contribution in [2.45, 2.75) is 77.6 Å². The third-order valence-electron chi connectivity index (χ3n) is 5.77. The molecule has 3 atom stereocenters. The van der Waals surface area contributed by atoms with Crippen LogP contribution in [0.4, 0.5) is 9.18 Å². The predicted molar refractivity (Wildman–Crippen MR) is 101 cm³/mol. The minimum absolute atomic E-state index is 0.0454. The second-order valence-corrected chi connectivity index (χ2v) is 9.10. The second-order valence-electron chi connectivity index (χ2n) is 9.10. The van der Waals surface area contributed by atoms with E-state index < -0.39 is 29.9 Å². The number of likely N-dealkylation sites (tertiary alicyclic amines) is 1. The molecule has 0 aromatic carbocycles. The van der Waals surface area contributed by atoms with Crippen LogP contribution in [0.5, 0.6) is 0 Å². The number of carboxylic acid groups (broad SMARTS) is 1. The van der Waals surface area contributed by atoms with Crippen molar-refractivity contribution >= 4 is 18.0 Å². The molecule has 1 aliphatic carbocycles. The van der Waals surface area contributed by atoms with Gasteiger partial charge in [-0.3, -0.25) is 9.59 Å². The Morgan fingerprint density at radius 3 is 2.21 bits per heavy atom. The number of carbonyl (C=O) groups excluding carboxylic acids is 2. The third kappa shape index (κ3) is 6.07. The molecule has 0 aromatic rings. The molecule has 2 amide bonds. The molecule has 2 fully saturated rings. The molecule has 8 heteroatoms. The lowest BCUT2D eigenvalue weighted by molar-refractivity contribution is -0.143. The Hall–Kier alpha value is -1.86. The molecule has 7 nitrogen and oxygen atoms in total. The van der Waals surface area contributed by atoms with Crippen LogP contribution in [0.1, 0.15) is 59.8 Å². The number of amides is 2. The molecule has 0 spiro atoms. The molecule has 2 N–H and O–H groups in total. The molecule has 2 aliphatic rings. The average molecular weight is 400 g/mol. The molecular formula is C20H33FN2O5. The van der Waals surface area contributed by atoms with Gasteiger partial charge in [0.25, 0.3) is 0 Å². The van der Waals surface area contributed by atoms with E-state index in [1.165, 1.54) is 4.90 Å². The summed E-state index contributed by atoms with van der Waals surface area (Å²) in [7, 11) is 0. The van der Waals surface area contributed by atoms with Gasteiger partial charge in [-0.25, -0.2) is 9.18 Å². The van der Waals surface area contributed by atoms with Gasteiger partial charge >= 0.3 is 12.1 Å². The van der Waals surface area contributed by atoms with Gasteiger partial charge in [-0.1, -0.05) is 6.92 Å². The first kappa shape index (κ1) is 22.4. The van der Waals surface area contributed by atoms with Crippen LogP contribution in [0.25, 0.3) is 0 Å². The summed E-state index contributed by atoms with van der Waals surface area (Å²) in [5.74, 6) is -1.51. The maximum atomic E-state index is 13.6. The molecule has 28 heavy (non-hydrogen) atoms. The SMILES string of the molecule is C[C@@H](C1CCC(C(=O)O)CC1)[C@H](NC(=O)OC(C)(C)C)C(=O)N1CC[C@H](F)C1. The number of carboxylic acids is 1. The highest BCUT2D eigenvalue weighted by Gasteiger charge is 2.39. The number of nitrogens with zero attached hydrogens (tertiary/aromatic N) is 1. The van der Waals surface area contributed by atoms with Gasteiger partial charge in [0, 0.05) is 6.54 Å². The summed E-state index contributed by atoms with van der Waals surface area (Å²) in [6, 6.07) is -0.813. The number of halogens is 1. The van der Waals surface area contributed by atoms with Crippen LogP contribution >= 0.6 is 0 Å². The number of nitrogens with one attached hydrogen (secondary N) is 1. The number of ether oxygens (including phenoxy) is 1. The van der Waals surface area contributed by atoms with Crippen molar-refractivity contribution < 1.29 is 28.6 Å². The molecule has 160 valence electrons. The Balaban J connectivity index is 2.09. The van der Waals surface area contributed by atoms with E-state index in [2.05, 4.69) is 5.32 Å². The summed E-state index contributed by atoms with van der Waals surface area (Å²) in [5, 5.41) is 11.9. The second kappa shape index (κ2) is 9.09. The lowest BCUT2D eigenvalue weighted by Gasteiger charge is -2.36. The maximum Gasteiger partial charge on any atom is 0.408 e. The van der Waals surface area contributed by atoms with Crippen LogP contribution < -0.4 is 5.32 Å². The largest absolute Gasteiger partial charge is 0.481 e. The lowest BCUT2D eigenvalue weighted by atomic mass is 9.74. The number of carbonyl (C=O) groups is 3. The average Bonchev–Trinajstić information content (AvgIpc) is 3.03. The van der Waals surface area contributed by atoms with E-state index >= 15 is 0 Å². The van der Waals surface area contributed by atoms with E-state index in [1.54, 1.807) is 20.8 Å². The van der Waals surface area contributed by atoms with Crippen LogP contribution in [0.2, 0.25) is 0 Å². The van der Waals surface area contributed by atoms with E-state index in [0.717, 1.165) is 0 Å². The molecule has 1 heterocycles. The number of alkyl carbamates (subject to hydrolysis) is 1. The van der Waals surface area contributed by atoms with E-state index in [-0.39, 0.29) is 30.2 Å². The monoisotopic (exact) mass is 400 g/mol. The normalized spacial score (nSPS) is 27.8. The van der Waals surface area contributed by atoms with Crippen molar-refractivity contribution in [1.29, 1.82) is 0 Å². The van der Waals surface area contributed by atoms with Gasteiger partial charge < -0.3 is 20.1 Å². The fraction of sp³-hybridized carbons (Fsp3) is 0.850. The molecule has 1 aliphatic heterocycles. The van der Waals surface area contributed by atoms with Crippen LogP contribution in [-0.4, -0.2) is 58.9 Å². The topological polar surface area (TPSA) is 95.9 Å². The zero-order chi connectivity index (χ0) is 21.1. The third-order valence-corrected chi connectivity index (χ3v) is 5.77. The van der Waals surface area contributed by atoms with Gasteiger partial charge in [0.05, 0.1) is 12.5 Å². The Labute approximate surface area is 166 Å². The van der Waals surface area contributed by atoms with E-state index in [4.69, 9.17) is 4.74 Å². The van der Waals surface area contributed by atoms with Crippen LogP contribution in [0.3, 0.4) is 0 Å². The van der Waals surface area contributed by atoms with E-state index in [9.17, 15) is 23.9 Å². The van der Waals surface area contributed by atoms with Gasteiger partial charge in [0.1, 0.15) is 17.8 Å². The van der Waals surface area contributed by atoms with Gasteiger partial charge in [-0.05, 0) is 64.7 Å². The van der Waals surface area contributed by atoms with Crippen molar-refractivity contribution in [3.8, 4) is 0 Å². The highest BCUT2D eigenvalue weighted by molar-refractivity contribution is 5.86. The fourth-order valence-corrected chi connectivity index (χ4v) is 4.13. The van der Waals surface area contributed by atoms with Crippen molar-refractivity contribution in [1.82, 2.24) is 10.2 Å². The van der Waals surface area contributed by atoms with Crippen LogP contribution in [0, 0.1) is 17.8 Å². The Bertz CT molecular complexity index is 584. The summed E-state index contributed by atoms with van der Waals surface area (Å²) in [6.07, 6.45) is 1.10. The zero-order valence-corrected chi connectivity index (χ0v) is 17.2. The highest BCUT2D eigenvalue weighted by atomic mass is 19.1. The molecule has 1 saturated heterocycles. The predicted octanol–water partition coefficient (Wildman–Crippen LogP) is 2.98. The molecule has 0 radical (unpaired) electrons. The number of hydrogen-bond acceptors (Lipinski definition) is 4. The summed E-state index contributed by atoms with van der Waals surface area (Å²) in [5.41, 5.74) is -0.696. The Morgan fingerprint density at radius 1 is 1.14 bits per heavy atom. The number of rotatable bonds is 5. The fourth-order valence-electron chi connectivity index (χ4n) is 4.13. The number of aliphatic carboxylic acids is 1. The minimum Gasteiger partial charge on any atom is -0.481 e. The molecule has 1 saturated carbocycles. The molecular weight excluding hydrogens is 367 g/mol. The smallest absolute Gasteiger partial charge is 0.408 e. The highest BCUT2D eigenvalue weighted by Crippen LogP contribution is 2.35. The lowest BCUT2D eigenvalue weighted by Crippen LogP contribution is -2.54. The van der Waals surface area contributed by atoms with Gasteiger partial charge in [-0.2, -0.15) is 0 Å². The Kier molecular flexibility index (Phi) is 7.28. The first-order valence-electron chi connectivity index (χ1n) is 10.1.